The number of hydrogen-bond donors (Lipinski definition) is 1. The molecule has 0 saturated carbocycles. The van der Waals surface area contributed by atoms with Gasteiger partial charge in [0.15, 0.2) is 0 Å². The molecule has 0 fully saturated rings. The summed E-state index contributed by atoms with van der Waals surface area (Å²) < 4.78 is 5.59. The van der Waals surface area contributed by atoms with Gasteiger partial charge in [-0.05, 0) is 30.7 Å². The van der Waals surface area contributed by atoms with E-state index in [-0.39, 0.29) is 0 Å². The predicted octanol–water partition coefficient (Wildman–Crippen LogP) is 2.70. The Balaban J connectivity index is 1.87. The van der Waals surface area contributed by atoms with Gasteiger partial charge in [-0.2, -0.15) is 0 Å². The molecule has 0 spiro atoms. The van der Waals surface area contributed by atoms with Gasteiger partial charge < -0.3 is 10.5 Å². The average molecular weight is 270 g/mol. The summed E-state index contributed by atoms with van der Waals surface area (Å²) in [5.74, 6) is 0.810. The zero-order valence-corrected chi connectivity index (χ0v) is 10.9. The first-order valence-electron chi connectivity index (χ1n) is 5.12. The van der Waals surface area contributed by atoms with Crippen molar-refractivity contribution >= 4 is 28.1 Å². The second kappa shape index (κ2) is 5.33. The molecule has 1 aromatic carbocycles. The second-order valence-electron chi connectivity index (χ2n) is 3.54. The summed E-state index contributed by atoms with van der Waals surface area (Å²) in [4.78, 5) is 0. The molecular formula is C11H12ClN3OS. The van der Waals surface area contributed by atoms with E-state index in [0.717, 1.165) is 21.3 Å². The van der Waals surface area contributed by atoms with Crippen LogP contribution in [-0.4, -0.2) is 16.8 Å². The molecule has 17 heavy (non-hydrogen) atoms. The molecule has 0 bridgehead atoms. The molecule has 6 heteroatoms. The Bertz CT molecular complexity index is 515. The third-order valence-electron chi connectivity index (χ3n) is 2.20. The standard InChI is InChI=1S/C11H12ClN3OS/c1-7-6-8(2-3-9(7)12)16-5-4-10-14-15-11(13)17-10/h2-3,6H,4-5H2,1H3,(H2,13,15). The van der Waals surface area contributed by atoms with Gasteiger partial charge >= 0.3 is 0 Å². The Labute approximate surface area is 108 Å². The number of nitrogens with zero attached hydrogens (tertiary/aromatic N) is 2. The molecule has 0 aliphatic carbocycles. The van der Waals surface area contributed by atoms with Crippen LogP contribution in [-0.2, 0) is 6.42 Å². The van der Waals surface area contributed by atoms with E-state index >= 15 is 0 Å². The van der Waals surface area contributed by atoms with E-state index in [1.807, 2.05) is 25.1 Å². The van der Waals surface area contributed by atoms with Crippen LogP contribution in [0.25, 0.3) is 0 Å². The van der Waals surface area contributed by atoms with Gasteiger partial charge in [0, 0.05) is 11.4 Å². The van der Waals surface area contributed by atoms with Crippen molar-refractivity contribution in [3.05, 3.63) is 33.8 Å². The summed E-state index contributed by atoms with van der Waals surface area (Å²) in [6, 6.07) is 5.59. The number of benzene rings is 1. The maximum absolute atomic E-state index is 5.93. The third-order valence-corrected chi connectivity index (χ3v) is 3.43. The Hall–Kier alpha value is -1.33. The minimum absolute atomic E-state index is 0.488. The molecule has 0 atom stereocenters. The fraction of sp³-hybridized carbons (Fsp3) is 0.273. The summed E-state index contributed by atoms with van der Waals surface area (Å²) in [5, 5.41) is 9.78. The van der Waals surface area contributed by atoms with Crippen LogP contribution in [0.3, 0.4) is 0 Å². The predicted molar refractivity (Wildman–Crippen MR) is 69.7 cm³/mol. The molecule has 0 amide bonds. The number of nitrogens with two attached hydrogens (primary N) is 1. The number of anilines is 1. The zero-order chi connectivity index (χ0) is 12.3. The number of ether oxygens (including phenoxy) is 1. The van der Waals surface area contributed by atoms with Crippen LogP contribution in [0, 0.1) is 6.92 Å². The van der Waals surface area contributed by atoms with Crippen LogP contribution in [0.1, 0.15) is 10.6 Å². The van der Waals surface area contributed by atoms with E-state index in [2.05, 4.69) is 10.2 Å². The summed E-state index contributed by atoms with van der Waals surface area (Å²) in [5.41, 5.74) is 6.49. The molecule has 0 unspecified atom stereocenters. The van der Waals surface area contributed by atoms with Gasteiger partial charge in [-0.25, -0.2) is 0 Å². The monoisotopic (exact) mass is 269 g/mol. The molecule has 0 aliphatic heterocycles. The number of nitrogen functional groups attached to an aromatic ring is 1. The first-order valence-corrected chi connectivity index (χ1v) is 6.31. The highest BCUT2D eigenvalue weighted by atomic mass is 35.5. The molecular weight excluding hydrogens is 258 g/mol. The van der Waals surface area contributed by atoms with E-state index in [0.29, 0.717) is 18.2 Å². The van der Waals surface area contributed by atoms with Crippen LogP contribution < -0.4 is 10.5 Å². The fourth-order valence-electron chi connectivity index (χ4n) is 1.33. The van der Waals surface area contributed by atoms with Crippen LogP contribution >= 0.6 is 22.9 Å². The highest BCUT2D eigenvalue weighted by Crippen LogP contribution is 2.21. The molecule has 4 nitrogen and oxygen atoms in total. The van der Waals surface area contributed by atoms with Crippen molar-refractivity contribution in [3.8, 4) is 5.75 Å². The SMILES string of the molecule is Cc1cc(OCCc2nnc(N)s2)ccc1Cl. The summed E-state index contributed by atoms with van der Waals surface area (Å²) in [6.45, 7) is 2.50. The molecule has 1 heterocycles. The van der Waals surface area contributed by atoms with Crippen molar-refractivity contribution in [2.75, 3.05) is 12.3 Å². The van der Waals surface area contributed by atoms with Crippen molar-refractivity contribution in [3.63, 3.8) is 0 Å². The molecule has 0 aliphatic rings. The minimum atomic E-state index is 0.488. The first kappa shape index (κ1) is 12.1. The quantitative estimate of drug-likeness (QED) is 0.927. The molecule has 2 N–H and O–H groups in total. The second-order valence-corrected chi connectivity index (χ2v) is 5.04. The lowest BCUT2D eigenvalue weighted by molar-refractivity contribution is 0.321. The van der Waals surface area contributed by atoms with Gasteiger partial charge in [-0.1, -0.05) is 22.9 Å². The third kappa shape index (κ3) is 3.31. The number of aromatic nitrogens is 2. The average Bonchev–Trinajstić information content (AvgIpc) is 2.70. The van der Waals surface area contributed by atoms with Gasteiger partial charge in [-0.3, -0.25) is 0 Å². The molecule has 90 valence electrons. The van der Waals surface area contributed by atoms with Crippen LogP contribution in [0.4, 0.5) is 5.13 Å². The highest BCUT2D eigenvalue weighted by Gasteiger charge is 2.02. The largest absolute Gasteiger partial charge is 0.493 e. The smallest absolute Gasteiger partial charge is 0.203 e. The van der Waals surface area contributed by atoms with E-state index in [9.17, 15) is 0 Å². The first-order chi connectivity index (χ1) is 8.15. The fourth-order valence-corrected chi connectivity index (χ4v) is 2.04. The Kier molecular flexibility index (Phi) is 3.81. The summed E-state index contributed by atoms with van der Waals surface area (Å²) in [6.07, 6.45) is 0.705. The number of aryl methyl sites for hydroxylation is 1. The van der Waals surface area contributed by atoms with Gasteiger partial charge in [0.2, 0.25) is 5.13 Å². The molecule has 2 rings (SSSR count). The Morgan fingerprint density at radius 3 is 2.88 bits per heavy atom. The van der Waals surface area contributed by atoms with Crippen molar-refractivity contribution in [2.45, 2.75) is 13.3 Å². The Morgan fingerprint density at radius 2 is 2.24 bits per heavy atom. The molecule has 2 aromatic rings. The van der Waals surface area contributed by atoms with Crippen molar-refractivity contribution in [2.24, 2.45) is 0 Å². The Morgan fingerprint density at radius 1 is 1.41 bits per heavy atom. The zero-order valence-electron chi connectivity index (χ0n) is 9.31. The number of rotatable bonds is 4. The topological polar surface area (TPSA) is 61.0 Å². The van der Waals surface area contributed by atoms with Gasteiger partial charge in [0.05, 0.1) is 6.61 Å². The minimum Gasteiger partial charge on any atom is -0.493 e. The van der Waals surface area contributed by atoms with Crippen molar-refractivity contribution in [1.29, 1.82) is 0 Å². The van der Waals surface area contributed by atoms with Gasteiger partial charge in [-0.15, -0.1) is 10.2 Å². The van der Waals surface area contributed by atoms with Crippen molar-refractivity contribution in [1.82, 2.24) is 10.2 Å². The van der Waals surface area contributed by atoms with Crippen LogP contribution in [0.2, 0.25) is 5.02 Å². The highest BCUT2D eigenvalue weighted by molar-refractivity contribution is 7.15. The van der Waals surface area contributed by atoms with E-state index in [1.54, 1.807) is 0 Å². The van der Waals surface area contributed by atoms with Crippen molar-refractivity contribution < 1.29 is 4.74 Å². The molecule has 1 aromatic heterocycles. The van der Waals surface area contributed by atoms with Crippen LogP contribution in [0.5, 0.6) is 5.75 Å². The van der Waals surface area contributed by atoms with Gasteiger partial charge in [0.1, 0.15) is 10.8 Å². The maximum Gasteiger partial charge on any atom is 0.203 e. The van der Waals surface area contributed by atoms with E-state index < -0.39 is 0 Å². The number of halogens is 1. The lowest BCUT2D eigenvalue weighted by Crippen LogP contribution is -2.01. The summed E-state index contributed by atoms with van der Waals surface area (Å²) in [7, 11) is 0. The lowest BCUT2D eigenvalue weighted by atomic mass is 10.2. The van der Waals surface area contributed by atoms with Crippen LogP contribution in [0.15, 0.2) is 18.2 Å². The van der Waals surface area contributed by atoms with E-state index in [4.69, 9.17) is 22.1 Å². The number of hydrogen-bond acceptors (Lipinski definition) is 5. The van der Waals surface area contributed by atoms with Gasteiger partial charge in [0.25, 0.3) is 0 Å². The molecule has 0 saturated heterocycles. The maximum atomic E-state index is 5.93. The summed E-state index contributed by atoms with van der Waals surface area (Å²) >= 11 is 7.31. The molecule has 0 radical (unpaired) electrons. The normalized spacial score (nSPS) is 10.5. The van der Waals surface area contributed by atoms with E-state index in [1.165, 1.54) is 11.3 Å². The lowest BCUT2D eigenvalue weighted by Gasteiger charge is -2.06.